The molecule has 5 rings (SSSR count). The van der Waals surface area contributed by atoms with Crippen molar-refractivity contribution in [2.24, 2.45) is 0 Å². The average molecular weight is 471 g/mol. The van der Waals surface area contributed by atoms with Crippen LogP contribution in [-0.4, -0.2) is 15.8 Å². The molecule has 33 heavy (non-hydrogen) atoms. The van der Waals surface area contributed by atoms with E-state index in [9.17, 15) is 4.79 Å². The van der Waals surface area contributed by atoms with Gasteiger partial charge in [-0.05, 0) is 30.4 Å². The lowest BCUT2D eigenvalue weighted by atomic mass is 9.80. The van der Waals surface area contributed by atoms with Crippen LogP contribution in [0.1, 0.15) is 41.8 Å². The normalized spacial score (nSPS) is 17.2. The van der Waals surface area contributed by atoms with Gasteiger partial charge in [0.1, 0.15) is 0 Å². The SMILES string of the molecule is Nc1nc(C(=C2CCCC(=C(c3ccccc3)c3csc(N)n3)C2=O)c2ccccc2)cs1. The zero-order valence-electron chi connectivity index (χ0n) is 17.8. The predicted molar refractivity (Wildman–Crippen MR) is 137 cm³/mol. The number of carbonyl (C=O) groups is 1. The van der Waals surface area contributed by atoms with Crippen molar-refractivity contribution < 1.29 is 4.79 Å². The van der Waals surface area contributed by atoms with E-state index in [1.54, 1.807) is 0 Å². The highest BCUT2D eigenvalue weighted by molar-refractivity contribution is 7.13. The predicted octanol–water partition coefficient (Wildman–Crippen LogP) is 5.82. The number of nitrogen functional groups attached to an aromatic ring is 2. The van der Waals surface area contributed by atoms with Crippen molar-refractivity contribution in [2.75, 3.05) is 11.5 Å². The second-order valence-electron chi connectivity index (χ2n) is 7.76. The molecule has 0 unspecified atom stereocenters. The first-order valence-corrected chi connectivity index (χ1v) is 12.4. The summed E-state index contributed by atoms with van der Waals surface area (Å²) in [5.74, 6) is 0.0390. The highest BCUT2D eigenvalue weighted by atomic mass is 32.1. The van der Waals surface area contributed by atoms with Gasteiger partial charge in [0.2, 0.25) is 0 Å². The molecule has 2 aromatic carbocycles. The lowest BCUT2D eigenvalue weighted by molar-refractivity contribution is -0.112. The van der Waals surface area contributed by atoms with Crippen LogP contribution < -0.4 is 11.5 Å². The number of rotatable bonds is 4. The van der Waals surface area contributed by atoms with E-state index in [2.05, 4.69) is 9.97 Å². The topological polar surface area (TPSA) is 94.9 Å². The third-order valence-corrected chi connectivity index (χ3v) is 7.03. The van der Waals surface area contributed by atoms with Crippen LogP contribution in [0.4, 0.5) is 10.3 Å². The third kappa shape index (κ3) is 4.25. The zero-order chi connectivity index (χ0) is 22.8. The largest absolute Gasteiger partial charge is 0.375 e. The molecule has 4 aromatic rings. The van der Waals surface area contributed by atoms with Gasteiger partial charge in [-0.2, -0.15) is 0 Å². The molecule has 164 valence electrons. The fraction of sp³-hybridized carbons (Fsp3) is 0.115. The van der Waals surface area contributed by atoms with Gasteiger partial charge in [0.25, 0.3) is 0 Å². The molecule has 0 saturated heterocycles. The number of carbonyl (C=O) groups excluding carboxylic acids is 1. The second-order valence-corrected chi connectivity index (χ2v) is 9.54. The fourth-order valence-corrected chi connectivity index (χ4v) is 5.40. The molecule has 1 aliphatic carbocycles. The summed E-state index contributed by atoms with van der Waals surface area (Å²) in [5, 5.41) is 4.83. The maximum Gasteiger partial charge on any atom is 0.186 e. The number of benzene rings is 2. The van der Waals surface area contributed by atoms with Crippen molar-refractivity contribution in [1.29, 1.82) is 0 Å². The number of hydrogen-bond donors (Lipinski definition) is 2. The lowest BCUT2D eigenvalue weighted by Crippen LogP contribution is -2.17. The quantitative estimate of drug-likeness (QED) is 0.366. The Kier molecular flexibility index (Phi) is 5.90. The highest BCUT2D eigenvalue weighted by Gasteiger charge is 2.29. The van der Waals surface area contributed by atoms with Crippen LogP contribution in [0, 0.1) is 0 Å². The lowest BCUT2D eigenvalue weighted by Gasteiger charge is -2.23. The van der Waals surface area contributed by atoms with Crippen LogP contribution in [0.5, 0.6) is 0 Å². The van der Waals surface area contributed by atoms with Crippen LogP contribution in [0.15, 0.2) is 82.6 Å². The first kappa shape index (κ1) is 21.3. The van der Waals surface area contributed by atoms with Crippen molar-refractivity contribution >= 4 is 49.9 Å². The maximum absolute atomic E-state index is 14.1. The van der Waals surface area contributed by atoms with Gasteiger partial charge in [-0.15, -0.1) is 22.7 Å². The Balaban J connectivity index is 1.74. The molecule has 5 nitrogen and oxygen atoms in total. The summed E-state index contributed by atoms with van der Waals surface area (Å²) >= 11 is 2.77. The number of aromatic nitrogens is 2. The summed E-state index contributed by atoms with van der Waals surface area (Å²) in [6.45, 7) is 0. The van der Waals surface area contributed by atoms with Crippen molar-refractivity contribution in [3.05, 3.63) is 105 Å². The Labute approximate surface area is 200 Å². The Morgan fingerprint density at radius 1 is 0.697 bits per heavy atom. The summed E-state index contributed by atoms with van der Waals surface area (Å²) in [4.78, 5) is 23.1. The molecule has 2 heterocycles. The minimum Gasteiger partial charge on any atom is -0.375 e. The van der Waals surface area contributed by atoms with Gasteiger partial charge >= 0.3 is 0 Å². The molecular weight excluding hydrogens is 448 g/mol. The molecule has 0 atom stereocenters. The van der Waals surface area contributed by atoms with Gasteiger partial charge in [-0.3, -0.25) is 4.79 Å². The number of hydrogen-bond acceptors (Lipinski definition) is 7. The standard InChI is InChI=1S/C26H22N4OS2/c27-25-29-20(14-32-25)22(16-8-3-1-4-9-16)18-12-7-13-19(24(18)31)23(17-10-5-2-6-11-17)21-15-33-26(28)30-21/h1-6,8-11,14-15H,7,12-13H2,(H2,27,29)(H2,28,30). The second kappa shape index (κ2) is 9.13. The van der Waals surface area contributed by atoms with Gasteiger partial charge in [-0.25, -0.2) is 9.97 Å². The van der Waals surface area contributed by atoms with E-state index in [4.69, 9.17) is 11.5 Å². The molecule has 0 radical (unpaired) electrons. The number of ketones is 1. The fourth-order valence-electron chi connectivity index (χ4n) is 4.30. The molecule has 4 N–H and O–H groups in total. The van der Waals surface area contributed by atoms with Crippen LogP contribution in [0.3, 0.4) is 0 Å². The number of anilines is 2. The van der Waals surface area contributed by atoms with Gasteiger partial charge < -0.3 is 11.5 Å². The van der Waals surface area contributed by atoms with Crippen LogP contribution >= 0.6 is 22.7 Å². The van der Waals surface area contributed by atoms with Gasteiger partial charge in [0.15, 0.2) is 16.0 Å². The molecule has 2 aromatic heterocycles. The third-order valence-electron chi connectivity index (χ3n) is 5.69. The summed E-state index contributed by atoms with van der Waals surface area (Å²) in [6.07, 6.45) is 2.23. The van der Waals surface area contributed by atoms with E-state index in [0.717, 1.165) is 51.2 Å². The molecule has 1 aliphatic rings. The van der Waals surface area contributed by atoms with Gasteiger partial charge in [0, 0.05) is 33.1 Å². The summed E-state index contributed by atoms with van der Waals surface area (Å²) in [6, 6.07) is 19.9. The van der Waals surface area contributed by atoms with Crippen molar-refractivity contribution in [3.8, 4) is 0 Å². The maximum atomic E-state index is 14.1. The number of Topliss-reactive ketones (excluding diaryl/α,β-unsaturated/α-hetero) is 1. The zero-order valence-corrected chi connectivity index (χ0v) is 19.5. The van der Waals surface area contributed by atoms with E-state index in [1.165, 1.54) is 22.7 Å². The highest BCUT2D eigenvalue weighted by Crippen LogP contribution is 2.40. The molecule has 1 saturated carbocycles. The number of nitrogens with zero attached hydrogens (tertiary/aromatic N) is 2. The van der Waals surface area contributed by atoms with Gasteiger partial charge in [0.05, 0.1) is 11.4 Å². The van der Waals surface area contributed by atoms with E-state index >= 15 is 0 Å². The first-order chi connectivity index (χ1) is 16.1. The monoisotopic (exact) mass is 470 g/mol. The summed E-state index contributed by atoms with van der Waals surface area (Å²) in [7, 11) is 0. The average Bonchev–Trinajstić information content (AvgIpc) is 3.46. The Bertz CT molecular complexity index is 1260. The van der Waals surface area contributed by atoms with Crippen molar-refractivity contribution in [3.63, 3.8) is 0 Å². The van der Waals surface area contributed by atoms with E-state index in [-0.39, 0.29) is 5.78 Å². The molecule has 0 bridgehead atoms. The van der Waals surface area contributed by atoms with Crippen LogP contribution in [-0.2, 0) is 4.79 Å². The minimum absolute atomic E-state index is 0.0390. The van der Waals surface area contributed by atoms with Crippen LogP contribution in [0.2, 0.25) is 0 Å². The molecule has 0 aliphatic heterocycles. The van der Waals surface area contributed by atoms with Crippen LogP contribution in [0.25, 0.3) is 11.1 Å². The first-order valence-electron chi connectivity index (χ1n) is 10.7. The Morgan fingerprint density at radius 3 is 1.48 bits per heavy atom. The van der Waals surface area contributed by atoms with E-state index in [1.807, 2.05) is 71.4 Å². The summed E-state index contributed by atoms with van der Waals surface area (Å²) in [5.41, 5.74) is 18.6. The summed E-state index contributed by atoms with van der Waals surface area (Å²) < 4.78 is 0. The van der Waals surface area contributed by atoms with Crippen molar-refractivity contribution in [2.45, 2.75) is 19.3 Å². The molecule has 1 fully saturated rings. The van der Waals surface area contributed by atoms with E-state index in [0.29, 0.717) is 23.1 Å². The number of allylic oxidation sites excluding steroid dienone is 2. The van der Waals surface area contributed by atoms with Gasteiger partial charge in [-0.1, -0.05) is 60.7 Å². The van der Waals surface area contributed by atoms with E-state index < -0.39 is 0 Å². The molecular formula is C26H22N4OS2. The Hall–Kier alpha value is -3.55. The Morgan fingerprint density at radius 2 is 1.12 bits per heavy atom. The smallest absolute Gasteiger partial charge is 0.186 e. The molecule has 0 amide bonds. The molecule has 0 spiro atoms. The number of thiazole rings is 2. The minimum atomic E-state index is 0.0390. The number of nitrogens with two attached hydrogens (primary N) is 2. The molecule has 7 heteroatoms. The van der Waals surface area contributed by atoms with Crippen molar-refractivity contribution in [1.82, 2.24) is 9.97 Å².